The second-order valence-electron chi connectivity index (χ2n) is 4.74. The van der Waals surface area contributed by atoms with E-state index in [-0.39, 0.29) is 11.4 Å². The van der Waals surface area contributed by atoms with Gasteiger partial charge in [0.2, 0.25) is 5.91 Å². The molecular formula is C10H20N2O. The average Bonchev–Trinajstić information content (AvgIpc) is 2.67. The van der Waals surface area contributed by atoms with Crippen molar-refractivity contribution in [2.24, 2.45) is 5.73 Å². The van der Waals surface area contributed by atoms with Crippen molar-refractivity contribution in [1.29, 1.82) is 0 Å². The van der Waals surface area contributed by atoms with Crippen LogP contribution in [0, 0.1) is 0 Å². The molecule has 76 valence electrons. The summed E-state index contributed by atoms with van der Waals surface area (Å²) in [7, 11) is 0. The zero-order valence-corrected chi connectivity index (χ0v) is 8.81. The van der Waals surface area contributed by atoms with E-state index >= 15 is 0 Å². The van der Waals surface area contributed by atoms with E-state index in [1.807, 2.05) is 13.8 Å². The molecule has 0 unspecified atom stereocenters. The van der Waals surface area contributed by atoms with Crippen LogP contribution in [0.1, 0.15) is 46.5 Å². The van der Waals surface area contributed by atoms with Crippen molar-refractivity contribution in [3.8, 4) is 0 Å². The molecule has 0 saturated heterocycles. The third kappa shape index (κ3) is 2.69. The summed E-state index contributed by atoms with van der Waals surface area (Å²) in [6, 6.07) is 0. The average molecular weight is 184 g/mol. The Labute approximate surface area is 80.1 Å². The van der Waals surface area contributed by atoms with Gasteiger partial charge in [0.1, 0.15) is 0 Å². The molecule has 0 spiro atoms. The first-order valence-electron chi connectivity index (χ1n) is 5.01. The number of nitrogens with two attached hydrogens (primary N) is 1. The molecule has 1 amide bonds. The van der Waals surface area contributed by atoms with Crippen LogP contribution in [0.5, 0.6) is 0 Å². The number of hydrogen-bond donors (Lipinski definition) is 2. The van der Waals surface area contributed by atoms with Crippen molar-refractivity contribution >= 4 is 5.91 Å². The Kier molecular flexibility index (Phi) is 2.66. The Balaban J connectivity index is 2.43. The molecule has 0 aliphatic heterocycles. The van der Waals surface area contributed by atoms with Gasteiger partial charge in [-0.2, -0.15) is 0 Å². The predicted molar refractivity (Wildman–Crippen MR) is 53.3 cm³/mol. The van der Waals surface area contributed by atoms with Crippen LogP contribution in [-0.4, -0.2) is 17.0 Å². The summed E-state index contributed by atoms with van der Waals surface area (Å²) in [5.74, 6) is 0.0194. The molecule has 1 fully saturated rings. The van der Waals surface area contributed by atoms with Gasteiger partial charge in [-0.25, -0.2) is 0 Å². The van der Waals surface area contributed by atoms with E-state index in [1.54, 1.807) is 0 Å². The molecule has 3 N–H and O–H groups in total. The monoisotopic (exact) mass is 184 g/mol. The lowest BCUT2D eigenvalue weighted by Gasteiger charge is -2.27. The highest BCUT2D eigenvalue weighted by molar-refractivity contribution is 5.89. The number of hydrogen-bond acceptors (Lipinski definition) is 2. The predicted octanol–water partition coefficient (Wildman–Crippen LogP) is 1.17. The lowest BCUT2D eigenvalue weighted by Crippen LogP contribution is -2.51. The van der Waals surface area contributed by atoms with Gasteiger partial charge in [-0.3, -0.25) is 4.79 Å². The molecule has 0 bridgehead atoms. The van der Waals surface area contributed by atoms with Crippen molar-refractivity contribution in [2.75, 3.05) is 0 Å². The van der Waals surface area contributed by atoms with Gasteiger partial charge in [-0.05, 0) is 33.1 Å². The molecular weight excluding hydrogens is 164 g/mol. The van der Waals surface area contributed by atoms with Gasteiger partial charge < -0.3 is 11.1 Å². The number of carbonyl (C=O) groups excluding carboxylic acids is 1. The Morgan fingerprint density at radius 3 is 2.46 bits per heavy atom. The lowest BCUT2D eigenvalue weighted by molar-refractivity contribution is -0.124. The molecule has 1 aliphatic rings. The van der Waals surface area contributed by atoms with Gasteiger partial charge in [-0.1, -0.05) is 13.3 Å². The van der Waals surface area contributed by atoms with Gasteiger partial charge >= 0.3 is 0 Å². The summed E-state index contributed by atoms with van der Waals surface area (Å²) in [4.78, 5) is 11.6. The summed E-state index contributed by atoms with van der Waals surface area (Å²) in [5, 5.41) is 3.00. The molecule has 0 radical (unpaired) electrons. The van der Waals surface area contributed by atoms with Crippen LogP contribution in [0.3, 0.4) is 0 Å². The van der Waals surface area contributed by atoms with E-state index in [4.69, 9.17) is 5.73 Å². The quantitative estimate of drug-likeness (QED) is 0.689. The Morgan fingerprint density at radius 2 is 2.08 bits per heavy atom. The van der Waals surface area contributed by atoms with Crippen LogP contribution in [0.2, 0.25) is 0 Å². The van der Waals surface area contributed by atoms with Crippen LogP contribution < -0.4 is 11.1 Å². The third-order valence-electron chi connectivity index (χ3n) is 2.57. The molecule has 1 rings (SSSR count). The lowest BCUT2D eigenvalue weighted by atomic mass is 9.98. The summed E-state index contributed by atoms with van der Waals surface area (Å²) < 4.78 is 0. The van der Waals surface area contributed by atoms with Crippen molar-refractivity contribution in [3.63, 3.8) is 0 Å². The fraction of sp³-hybridized carbons (Fsp3) is 0.900. The SMILES string of the molecule is CCCC(C)(C)NC(=O)C1(N)CC1. The van der Waals surface area contributed by atoms with Gasteiger partial charge in [0, 0.05) is 5.54 Å². The van der Waals surface area contributed by atoms with Crippen LogP contribution in [0.25, 0.3) is 0 Å². The molecule has 0 aromatic carbocycles. The second kappa shape index (κ2) is 3.29. The van der Waals surface area contributed by atoms with Crippen molar-refractivity contribution in [2.45, 2.75) is 57.5 Å². The van der Waals surface area contributed by atoms with E-state index in [0.29, 0.717) is 0 Å². The normalized spacial score (nSPS) is 19.7. The fourth-order valence-corrected chi connectivity index (χ4v) is 1.48. The number of carbonyl (C=O) groups is 1. The van der Waals surface area contributed by atoms with E-state index in [2.05, 4.69) is 12.2 Å². The van der Waals surface area contributed by atoms with Crippen LogP contribution in [0.15, 0.2) is 0 Å². The highest BCUT2D eigenvalue weighted by Gasteiger charge is 2.47. The first-order valence-corrected chi connectivity index (χ1v) is 5.01. The maximum Gasteiger partial charge on any atom is 0.240 e. The van der Waals surface area contributed by atoms with E-state index in [9.17, 15) is 4.79 Å². The Hall–Kier alpha value is -0.570. The molecule has 3 nitrogen and oxygen atoms in total. The molecule has 3 heteroatoms. The van der Waals surface area contributed by atoms with Gasteiger partial charge in [0.25, 0.3) is 0 Å². The van der Waals surface area contributed by atoms with Crippen molar-refractivity contribution in [1.82, 2.24) is 5.32 Å². The topological polar surface area (TPSA) is 55.1 Å². The fourth-order valence-electron chi connectivity index (χ4n) is 1.48. The minimum atomic E-state index is -0.537. The molecule has 1 saturated carbocycles. The maximum atomic E-state index is 11.6. The number of rotatable bonds is 4. The third-order valence-corrected chi connectivity index (χ3v) is 2.57. The minimum absolute atomic E-state index is 0.0194. The second-order valence-corrected chi connectivity index (χ2v) is 4.74. The summed E-state index contributed by atoms with van der Waals surface area (Å²) >= 11 is 0. The van der Waals surface area contributed by atoms with E-state index in [1.165, 1.54) is 0 Å². The Bertz CT molecular complexity index is 207. The highest BCUT2D eigenvalue weighted by Crippen LogP contribution is 2.32. The molecule has 0 aromatic heterocycles. The first-order chi connectivity index (χ1) is 5.90. The molecule has 0 aromatic rings. The van der Waals surface area contributed by atoms with Crippen LogP contribution in [0.4, 0.5) is 0 Å². The highest BCUT2D eigenvalue weighted by atomic mass is 16.2. The molecule has 0 heterocycles. The molecule has 1 aliphatic carbocycles. The van der Waals surface area contributed by atoms with Crippen molar-refractivity contribution in [3.05, 3.63) is 0 Å². The van der Waals surface area contributed by atoms with Crippen molar-refractivity contribution < 1.29 is 4.79 Å². The van der Waals surface area contributed by atoms with E-state index in [0.717, 1.165) is 25.7 Å². The number of amides is 1. The zero-order chi connectivity index (χ0) is 10.1. The summed E-state index contributed by atoms with van der Waals surface area (Å²) in [6.07, 6.45) is 3.74. The van der Waals surface area contributed by atoms with Crippen LogP contribution in [-0.2, 0) is 4.79 Å². The first kappa shape index (κ1) is 10.5. The van der Waals surface area contributed by atoms with Gasteiger partial charge in [0.15, 0.2) is 0 Å². The maximum absolute atomic E-state index is 11.6. The summed E-state index contributed by atoms with van der Waals surface area (Å²) in [6.45, 7) is 6.20. The molecule has 0 atom stereocenters. The largest absolute Gasteiger partial charge is 0.350 e. The smallest absolute Gasteiger partial charge is 0.240 e. The Morgan fingerprint density at radius 1 is 1.54 bits per heavy atom. The van der Waals surface area contributed by atoms with Gasteiger partial charge in [0.05, 0.1) is 5.54 Å². The number of nitrogens with one attached hydrogen (secondary N) is 1. The van der Waals surface area contributed by atoms with Crippen LogP contribution >= 0.6 is 0 Å². The standard InChI is InChI=1S/C10H20N2O/c1-4-5-9(2,3)12-8(13)10(11)6-7-10/h4-7,11H2,1-3H3,(H,12,13). The minimum Gasteiger partial charge on any atom is -0.350 e. The molecule has 13 heavy (non-hydrogen) atoms. The zero-order valence-electron chi connectivity index (χ0n) is 8.81. The van der Waals surface area contributed by atoms with E-state index < -0.39 is 5.54 Å². The van der Waals surface area contributed by atoms with Gasteiger partial charge in [-0.15, -0.1) is 0 Å². The summed E-state index contributed by atoms with van der Waals surface area (Å²) in [5.41, 5.74) is 5.13.